The number of carbonyl (C=O) groups is 3. The molecule has 0 fully saturated rings. The van der Waals surface area contributed by atoms with Gasteiger partial charge in [-0.1, -0.05) is 6.07 Å². The smallest absolute Gasteiger partial charge is 0.435 e. The number of benzene rings is 1. The molecule has 1 amide bonds. The van der Waals surface area contributed by atoms with Crippen LogP contribution in [-0.4, -0.2) is 57.7 Å². The van der Waals surface area contributed by atoms with Gasteiger partial charge in [-0.25, -0.2) is 9.59 Å². The summed E-state index contributed by atoms with van der Waals surface area (Å²) in [5.74, 6) is -0.185. The van der Waals surface area contributed by atoms with Gasteiger partial charge in [-0.2, -0.15) is 0 Å². The van der Waals surface area contributed by atoms with E-state index >= 15 is 0 Å². The van der Waals surface area contributed by atoms with Gasteiger partial charge in [0, 0.05) is 18.3 Å². The Morgan fingerprint density at radius 3 is 1.96 bits per heavy atom. The Kier molecular flexibility index (Phi) is 10.1. The quantitative estimate of drug-likeness (QED) is 0.616. The summed E-state index contributed by atoms with van der Waals surface area (Å²) in [5, 5.41) is 2.71. The molecule has 0 radical (unpaired) electrons. The SMILES string of the molecule is CCOC(=O)OCCN(CCOC(=O)OCC)c1cccc(NC(C)=O)c1. The minimum absolute atomic E-state index is 0.0859. The van der Waals surface area contributed by atoms with Gasteiger partial charge in [0.05, 0.1) is 26.3 Å². The van der Waals surface area contributed by atoms with Crippen LogP contribution in [0.25, 0.3) is 0 Å². The first-order valence-corrected chi connectivity index (χ1v) is 8.68. The van der Waals surface area contributed by atoms with Crippen molar-refractivity contribution in [2.45, 2.75) is 20.8 Å². The highest BCUT2D eigenvalue weighted by Gasteiger charge is 2.12. The lowest BCUT2D eigenvalue weighted by molar-refractivity contribution is -0.114. The second-order valence-corrected chi connectivity index (χ2v) is 5.28. The number of carbonyl (C=O) groups excluding carboxylic acids is 3. The number of anilines is 2. The molecule has 1 N–H and O–H groups in total. The first kappa shape index (κ1) is 22.1. The van der Waals surface area contributed by atoms with E-state index in [0.29, 0.717) is 18.8 Å². The first-order chi connectivity index (χ1) is 13.0. The summed E-state index contributed by atoms with van der Waals surface area (Å²) in [5.41, 5.74) is 1.39. The molecular weight excluding hydrogens is 356 g/mol. The van der Waals surface area contributed by atoms with E-state index in [0.717, 1.165) is 5.69 Å². The van der Waals surface area contributed by atoms with E-state index < -0.39 is 12.3 Å². The van der Waals surface area contributed by atoms with Crippen molar-refractivity contribution in [1.82, 2.24) is 0 Å². The molecule has 1 aromatic rings. The van der Waals surface area contributed by atoms with Crippen LogP contribution < -0.4 is 10.2 Å². The molecule has 0 saturated heterocycles. The van der Waals surface area contributed by atoms with Gasteiger partial charge in [0.15, 0.2) is 0 Å². The normalized spacial score (nSPS) is 9.89. The van der Waals surface area contributed by atoms with Gasteiger partial charge in [-0.3, -0.25) is 4.79 Å². The lowest BCUT2D eigenvalue weighted by Gasteiger charge is -2.25. The van der Waals surface area contributed by atoms with Crippen LogP contribution in [0.1, 0.15) is 20.8 Å². The van der Waals surface area contributed by atoms with Gasteiger partial charge in [0.1, 0.15) is 13.2 Å². The fourth-order valence-corrected chi connectivity index (χ4v) is 2.15. The summed E-state index contributed by atoms with van der Waals surface area (Å²) in [7, 11) is 0. The molecule has 0 aliphatic carbocycles. The van der Waals surface area contributed by atoms with Gasteiger partial charge in [-0.15, -0.1) is 0 Å². The van der Waals surface area contributed by atoms with E-state index in [1.54, 1.807) is 32.0 Å². The van der Waals surface area contributed by atoms with Gasteiger partial charge >= 0.3 is 12.3 Å². The molecule has 9 nitrogen and oxygen atoms in total. The van der Waals surface area contributed by atoms with Crippen LogP contribution in [0.2, 0.25) is 0 Å². The summed E-state index contributed by atoms with van der Waals surface area (Å²) in [6.45, 7) is 6.12. The van der Waals surface area contributed by atoms with Gasteiger partial charge in [-0.05, 0) is 32.0 Å². The average molecular weight is 382 g/mol. The van der Waals surface area contributed by atoms with Crippen molar-refractivity contribution in [3.8, 4) is 0 Å². The van der Waals surface area contributed by atoms with Gasteiger partial charge < -0.3 is 29.2 Å². The number of ether oxygens (including phenoxy) is 4. The fraction of sp³-hybridized carbons (Fsp3) is 0.500. The second kappa shape index (κ2) is 12.4. The third-order valence-corrected chi connectivity index (χ3v) is 3.22. The molecule has 150 valence electrons. The fourth-order valence-electron chi connectivity index (χ4n) is 2.15. The monoisotopic (exact) mass is 382 g/mol. The number of amides is 1. The third kappa shape index (κ3) is 9.34. The largest absolute Gasteiger partial charge is 0.508 e. The van der Waals surface area contributed by atoms with Crippen LogP contribution in [0.15, 0.2) is 24.3 Å². The highest BCUT2D eigenvalue weighted by Crippen LogP contribution is 2.19. The van der Waals surface area contributed by atoms with Crippen molar-refractivity contribution in [3.05, 3.63) is 24.3 Å². The molecule has 0 heterocycles. The molecular formula is C18H26N2O7. The Morgan fingerprint density at radius 2 is 1.48 bits per heavy atom. The Hall–Kier alpha value is -2.97. The van der Waals surface area contributed by atoms with Crippen LogP contribution in [0.5, 0.6) is 0 Å². The number of rotatable bonds is 10. The molecule has 0 aromatic heterocycles. The van der Waals surface area contributed by atoms with Crippen molar-refractivity contribution in [2.24, 2.45) is 0 Å². The van der Waals surface area contributed by atoms with E-state index in [2.05, 4.69) is 5.32 Å². The number of hydrogen-bond acceptors (Lipinski definition) is 8. The molecule has 0 bridgehead atoms. The maximum Gasteiger partial charge on any atom is 0.508 e. The minimum Gasteiger partial charge on any atom is -0.435 e. The Bertz CT molecular complexity index is 597. The van der Waals surface area contributed by atoms with Crippen LogP contribution in [0.4, 0.5) is 21.0 Å². The van der Waals surface area contributed by atoms with Crippen molar-refractivity contribution < 1.29 is 33.3 Å². The zero-order valence-corrected chi connectivity index (χ0v) is 15.9. The zero-order valence-electron chi connectivity index (χ0n) is 15.9. The van der Waals surface area contributed by atoms with Crippen molar-refractivity contribution in [3.63, 3.8) is 0 Å². The molecule has 0 spiro atoms. The molecule has 0 atom stereocenters. The van der Waals surface area contributed by atoms with Crippen LogP contribution >= 0.6 is 0 Å². The van der Waals surface area contributed by atoms with Gasteiger partial charge in [0.25, 0.3) is 0 Å². The molecule has 27 heavy (non-hydrogen) atoms. The van der Waals surface area contributed by atoms with Gasteiger partial charge in [0.2, 0.25) is 5.91 Å². The lowest BCUT2D eigenvalue weighted by atomic mass is 10.2. The molecule has 0 aliphatic heterocycles. The van der Waals surface area contributed by atoms with E-state index in [4.69, 9.17) is 18.9 Å². The average Bonchev–Trinajstić information content (AvgIpc) is 2.60. The standard InChI is InChI=1S/C18H26N2O7/c1-4-24-17(22)26-11-9-20(10-12-27-18(23)25-5-2)16-8-6-7-15(13-16)19-14(3)21/h6-8,13H,4-5,9-12H2,1-3H3,(H,19,21). The van der Waals surface area contributed by atoms with E-state index in [9.17, 15) is 14.4 Å². The van der Waals surface area contributed by atoms with E-state index in [-0.39, 0.29) is 32.3 Å². The minimum atomic E-state index is -0.743. The molecule has 9 heteroatoms. The Balaban J connectivity index is 2.72. The molecule has 0 saturated carbocycles. The second-order valence-electron chi connectivity index (χ2n) is 5.28. The van der Waals surface area contributed by atoms with Crippen LogP contribution in [0, 0.1) is 0 Å². The predicted octanol–water partition coefficient (Wildman–Crippen LogP) is 2.80. The summed E-state index contributed by atoms with van der Waals surface area (Å²) in [6.07, 6.45) is -1.49. The number of hydrogen-bond donors (Lipinski definition) is 1. The molecule has 1 rings (SSSR count). The number of nitrogens with zero attached hydrogens (tertiary/aromatic N) is 1. The van der Waals surface area contributed by atoms with Crippen molar-refractivity contribution in [1.29, 1.82) is 0 Å². The summed E-state index contributed by atoms with van der Waals surface area (Å²) < 4.78 is 19.4. The third-order valence-electron chi connectivity index (χ3n) is 3.22. The predicted molar refractivity (Wildman–Crippen MR) is 98.9 cm³/mol. The lowest BCUT2D eigenvalue weighted by Crippen LogP contribution is -2.32. The summed E-state index contributed by atoms with van der Waals surface area (Å²) >= 11 is 0. The Morgan fingerprint density at radius 1 is 0.926 bits per heavy atom. The van der Waals surface area contributed by atoms with Crippen molar-refractivity contribution in [2.75, 3.05) is 49.7 Å². The van der Waals surface area contributed by atoms with Crippen LogP contribution in [-0.2, 0) is 23.7 Å². The van der Waals surface area contributed by atoms with E-state index in [1.165, 1.54) is 6.92 Å². The molecule has 0 unspecified atom stereocenters. The Labute approximate surface area is 158 Å². The summed E-state index contributed by atoms with van der Waals surface area (Å²) in [4.78, 5) is 35.7. The summed E-state index contributed by atoms with van der Waals surface area (Å²) in [6, 6.07) is 7.15. The topological polar surface area (TPSA) is 103 Å². The van der Waals surface area contributed by atoms with E-state index in [1.807, 2.05) is 11.0 Å². The highest BCUT2D eigenvalue weighted by atomic mass is 16.7. The molecule has 1 aromatic carbocycles. The highest BCUT2D eigenvalue weighted by molar-refractivity contribution is 5.89. The first-order valence-electron chi connectivity index (χ1n) is 8.68. The number of nitrogens with one attached hydrogen (secondary N) is 1. The van der Waals surface area contributed by atoms with Crippen molar-refractivity contribution >= 4 is 29.6 Å². The maximum absolute atomic E-state index is 11.3. The zero-order chi connectivity index (χ0) is 20.1. The van der Waals surface area contributed by atoms with Crippen LogP contribution in [0.3, 0.4) is 0 Å². The maximum atomic E-state index is 11.3. The molecule has 0 aliphatic rings.